The molecule has 0 radical (unpaired) electrons. The van der Waals surface area contributed by atoms with Gasteiger partial charge in [-0.05, 0) is 12.5 Å². The first-order valence-corrected chi connectivity index (χ1v) is 9.03. The van der Waals surface area contributed by atoms with Crippen LogP contribution in [0.2, 0.25) is 0 Å². The lowest BCUT2D eigenvalue weighted by Gasteiger charge is -2.17. The summed E-state index contributed by atoms with van der Waals surface area (Å²) in [5.41, 5.74) is 1.66. The summed E-state index contributed by atoms with van der Waals surface area (Å²) < 4.78 is 16.3. The molecule has 29 heavy (non-hydrogen) atoms. The highest BCUT2D eigenvalue weighted by molar-refractivity contribution is 5.88. The topological polar surface area (TPSA) is 130 Å². The van der Waals surface area contributed by atoms with Gasteiger partial charge in [-0.3, -0.25) is 4.79 Å². The Balaban J connectivity index is 1.70. The SMILES string of the molecule is Cc1cccc(-c2coc3cc(O[C@H]4O[C@H](CO)[C@@H](O)[C@@H]4O)cc(O)c3c2=O)c1. The Morgan fingerprint density at radius 1 is 1.14 bits per heavy atom. The van der Waals surface area contributed by atoms with E-state index in [1.807, 2.05) is 25.1 Å². The number of hydrogen-bond donors (Lipinski definition) is 4. The van der Waals surface area contributed by atoms with E-state index in [4.69, 9.17) is 19.0 Å². The fourth-order valence-corrected chi connectivity index (χ4v) is 3.38. The van der Waals surface area contributed by atoms with E-state index in [1.54, 1.807) is 6.07 Å². The van der Waals surface area contributed by atoms with Gasteiger partial charge in [-0.2, -0.15) is 0 Å². The number of benzene rings is 2. The fourth-order valence-electron chi connectivity index (χ4n) is 3.38. The number of aliphatic hydroxyl groups excluding tert-OH is 3. The van der Waals surface area contributed by atoms with Crippen molar-refractivity contribution in [1.82, 2.24) is 0 Å². The summed E-state index contributed by atoms with van der Waals surface area (Å²) in [5.74, 6) is -0.288. The largest absolute Gasteiger partial charge is 0.507 e. The second-order valence-electron chi connectivity index (χ2n) is 6.99. The second-order valence-corrected chi connectivity index (χ2v) is 6.99. The van der Waals surface area contributed by atoms with Crippen LogP contribution in [0.15, 0.2) is 51.9 Å². The molecule has 1 aliphatic rings. The van der Waals surface area contributed by atoms with Crippen LogP contribution in [0, 0.1) is 6.92 Å². The number of phenolic OH excluding ortho intramolecular Hbond substituents is 1. The van der Waals surface area contributed by atoms with Gasteiger partial charge in [0, 0.05) is 12.1 Å². The van der Waals surface area contributed by atoms with Gasteiger partial charge in [0.1, 0.15) is 47.0 Å². The van der Waals surface area contributed by atoms with Crippen LogP contribution in [0.5, 0.6) is 11.5 Å². The summed E-state index contributed by atoms with van der Waals surface area (Å²) in [5, 5.41) is 39.4. The van der Waals surface area contributed by atoms with E-state index in [0.29, 0.717) is 11.1 Å². The van der Waals surface area contributed by atoms with E-state index in [9.17, 15) is 20.1 Å². The minimum atomic E-state index is -1.39. The summed E-state index contributed by atoms with van der Waals surface area (Å²) in [4.78, 5) is 12.9. The molecule has 0 bridgehead atoms. The predicted octanol–water partition coefficient (Wildman–Crippen LogP) is 1.29. The Morgan fingerprint density at radius 2 is 1.93 bits per heavy atom. The Morgan fingerprint density at radius 3 is 2.62 bits per heavy atom. The third kappa shape index (κ3) is 3.47. The summed E-state index contributed by atoms with van der Waals surface area (Å²) >= 11 is 0. The molecule has 0 saturated carbocycles. The van der Waals surface area contributed by atoms with E-state index < -0.39 is 36.6 Å². The molecular formula is C21H20O8. The second kappa shape index (κ2) is 7.49. The third-order valence-electron chi connectivity index (χ3n) is 4.91. The maximum absolute atomic E-state index is 12.9. The molecule has 4 atom stereocenters. The first-order chi connectivity index (χ1) is 13.9. The third-order valence-corrected chi connectivity index (χ3v) is 4.91. The van der Waals surface area contributed by atoms with Gasteiger partial charge in [0.25, 0.3) is 0 Å². The van der Waals surface area contributed by atoms with Gasteiger partial charge in [0.05, 0.1) is 12.2 Å². The number of rotatable bonds is 4. The average molecular weight is 400 g/mol. The van der Waals surface area contributed by atoms with Gasteiger partial charge in [0.2, 0.25) is 11.7 Å². The van der Waals surface area contributed by atoms with Crippen LogP contribution in [0.1, 0.15) is 5.56 Å². The minimum absolute atomic E-state index is 0.00230. The van der Waals surface area contributed by atoms with Gasteiger partial charge in [0.15, 0.2) is 0 Å². The molecule has 152 valence electrons. The minimum Gasteiger partial charge on any atom is -0.507 e. The quantitative estimate of drug-likeness (QED) is 0.516. The van der Waals surface area contributed by atoms with Crippen molar-refractivity contribution in [1.29, 1.82) is 0 Å². The smallest absolute Gasteiger partial charge is 0.229 e. The molecule has 4 N–H and O–H groups in total. The lowest BCUT2D eigenvalue weighted by Crippen LogP contribution is -2.35. The normalized spacial score (nSPS) is 24.1. The van der Waals surface area contributed by atoms with Gasteiger partial charge in [-0.15, -0.1) is 0 Å². The standard InChI is InChI=1S/C21H20O8/c1-10-3-2-4-11(5-10)13-9-27-15-7-12(6-14(23)17(15)18(13)24)28-21-20(26)19(25)16(8-22)29-21/h2-7,9,16,19-23,25-26H,8H2,1H3/t16-,19-,20+,21+/m1/s1. The van der Waals surface area contributed by atoms with Crippen molar-refractivity contribution < 1.29 is 34.3 Å². The van der Waals surface area contributed by atoms with Crippen LogP contribution in [0.3, 0.4) is 0 Å². The van der Waals surface area contributed by atoms with E-state index in [0.717, 1.165) is 5.56 Å². The average Bonchev–Trinajstić information content (AvgIpc) is 2.95. The highest BCUT2D eigenvalue weighted by Gasteiger charge is 2.44. The van der Waals surface area contributed by atoms with E-state index in [-0.39, 0.29) is 22.5 Å². The monoisotopic (exact) mass is 400 g/mol. The molecule has 1 aromatic heterocycles. The number of aliphatic hydroxyl groups is 3. The summed E-state index contributed by atoms with van der Waals surface area (Å²) in [7, 11) is 0. The predicted molar refractivity (Wildman–Crippen MR) is 103 cm³/mol. The zero-order chi connectivity index (χ0) is 20.7. The molecule has 0 unspecified atom stereocenters. The lowest BCUT2D eigenvalue weighted by atomic mass is 10.0. The van der Waals surface area contributed by atoms with Crippen molar-refractivity contribution in [2.45, 2.75) is 31.5 Å². The number of phenols is 1. The molecule has 8 heteroatoms. The van der Waals surface area contributed by atoms with Crippen LogP contribution in [-0.2, 0) is 4.74 Å². The van der Waals surface area contributed by atoms with Crippen molar-refractivity contribution >= 4 is 11.0 Å². The Labute approximate surface area is 165 Å². The van der Waals surface area contributed by atoms with Crippen molar-refractivity contribution in [3.63, 3.8) is 0 Å². The van der Waals surface area contributed by atoms with Crippen molar-refractivity contribution in [3.8, 4) is 22.6 Å². The Kier molecular flexibility index (Phi) is 5.01. The van der Waals surface area contributed by atoms with Crippen molar-refractivity contribution in [3.05, 3.63) is 58.4 Å². The molecule has 1 saturated heterocycles. The number of fused-ring (bicyclic) bond motifs is 1. The summed E-state index contributed by atoms with van der Waals surface area (Å²) in [6, 6.07) is 9.94. The van der Waals surface area contributed by atoms with Crippen LogP contribution in [0.25, 0.3) is 22.1 Å². The molecule has 2 aromatic carbocycles. The molecule has 4 rings (SSSR count). The summed E-state index contributed by atoms with van der Waals surface area (Å²) in [6.45, 7) is 1.42. The number of hydrogen-bond acceptors (Lipinski definition) is 8. The van der Waals surface area contributed by atoms with Crippen LogP contribution in [-0.4, -0.2) is 51.6 Å². The fraction of sp³-hybridized carbons (Fsp3) is 0.286. The Bertz CT molecular complexity index is 1110. The maximum Gasteiger partial charge on any atom is 0.229 e. The lowest BCUT2D eigenvalue weighted by molar-refractivity contribution is -0.116. The number of ether oxygens (including phenoxy) is 2. The molecule has 1 fully saturated rings. The molecule has 0 amide bonds. The molecule has 8 nitrogen and oxygen atoms in total. The molecule has 0 aliphatic carbocycles. The van der Waals surface area contributed by atoms with E-state index in [1.165, 1.54) is 18.4 Å². The molecular weight excluding hydrogens is 380 g/mol. The number of aromatic hydroxyl groups is 1. The molecule has 2 heterocycles. The van der Waals surface area contributed by atoms with E-state index >= 15 is 0 Å². The zero-order valence-corrected chi connectivity index (χ0v) is 15.5. The van der Waals surface area contributed by atoms with Crippen molar-refractivity contribution in [2.75, 3.05) is 6.61 Å². The number of aryl methyl sites for hydroxylation is 1. The van der Waals surface area contributed by atoms with Crippen LogP contribution < -0.4 is 10.2 Å². The van der Waals surface area contributed by atoms with Crippen LogP contribution in [0.4, 0.5) is 0 Å². The first kappa shape index (κ1) is 19.4. The molecule has 3 aromatic rings. The maximum atomic E-state index is 12.9. The van der Waals surface area contributed by atoms with E-state index in [2.05, 4.69) is 0 Å². The molecule has 0 spiro atoms. The molecule has 1 aliphatic heterocycles. The van der Waals surface area contributed by atoms with Gasteiger partial charge in [-0.25, -0.2) is 0 Å². The highest BCUT2D eigenvalue weighted by atomic mass is 16.7. The van der Waals surface area contributed by atoms with Gasteiger partial charge in [-0.1, -0.05) is 29.8 Å². The van der Waals surface area contributed by atoms with Gasteiger partial charge >= 0.3 is 0 Å². The highest BCUT2D eigenvalue weighted by Crippen LogP contribution is 2.32. The zero-order valence-electron chi connectivity index (χ0n) is 15.5. The van der Waals surface area contributed by atoms with Crippen LogP contribution >= 0.6 is 0 Å². The van der Waals surface area contributed by atoms with Gasteiger partial charge < -0.3 is 34.3 Å². The van der Waals surface area contributed by atoms with Crippen molar-refractivity contribution in [2.24, 2.45) is 0 Å². The summed E-state index contributed by atoms with van der Waals surface area (Å²) in [6.07, 6.45) is -3.62. The first-order valence-electron chi connectivity index (χ1n) is 9.03. The Hall–Kier alpha value is -2.91.